The number of nitriles is 1. The van der Waals surface area contributed by atoms with E-state index in [1.807, 2.05) is 38.1 Å². The Morgan fingerprint density at radius 1 is 1.31 bits per heavy atom. The zero-order valence-corrected chi connectivity index (χ0v) is 16.6. The summed E-state index contributed by atoms with van der Waals surface area (Å²) in [4.78, 5) is 16.6. The largest absolute Gasteiger partial charge is 0.493 e. The van der Waals surface area contributed by atoms with Crippen molar-refractivity contribution in [3.63, 3.8) is 0 Å². The molecule has 0 radical (unpaired) electrons. The number of hydrogen-bond acceptors (Lipinski definition) is 8. The first-order chi connectivity index (χ1) is 14.2. The van der Waals surface area contributed by atoms with Crippen LogP contribution in [0.25, 0.3) is 20.7 Å². The number of hydrazone groups is 1. The van der Waals surface area contributed by atoms with E-state index in [1.165, 1.54) is 17.7 Å². The molecule has 9 heteroatoms. The second-order valence-corrected chi connectivity index (χ2v) is 7.05. The Labute approximate surface area is 170 Å². The van der Waals surface area contributed by atoms with Gasteiger partial charge in [0.05, 0.1) is 34.3 Å². The number of aryl methyl sites for hydroxylation is 1. The number of aromatic amines is 1. The molecule has 0 aliphatic heterocycles. The fraction of sp³-hybridized carbons (Fsp3) is 0.150. The first-order valence-corrected chi connectivity index (χ1v) is 9.73. The van der Waals surface area contributed by atoms with Gasteiger partial charge in [0.1, 0.15) is 29.4 Å². The van der Waals surface area contributed by atoms with Crippen LogP contribution in [-0.2, 0) is 0 Å². The number of para-hydroxylation sites is 1. The van der Waals surface area contributed by atoms with Gasteiger partial charge in [0.15, 0.2) is 5.82 Å². The van der Waals surface area contributed by atoms with E-state index < -0.39 is 0 Å². The minimum atomic E-state index is 0.495. The number of nitrogens with zero attached hydrogens (tertiary/aromatic N) is 5. The molecule has 0 aliphatic carbocycles. The van der Waals surface area contributed by atoms with Crippen LogP contribution in [0.1, 0.15) is 23.9 Å². The van der Waals surface area contributed by atoms with Gasteiger partial charge < -0.3 is 9.72 Å². The molecule has 144 valence electrons. The molecule has 0 amide bonds. The molecule has 2 N–H and O–H groups in total. The number of ether oxygens (including phenoxy) is 1. The Morgan fingerprint density at radius 3 is 2.93 bits per heavy atom. The van der Waals surface area contributed by atoms with E-state index >= 15 is 0 Å². The summed E-state index contributed by atoms with van der Waals surface area (Å²) in [6.45, 7) is 4.38. The normalized spacial score (nSPS) is 11.1. The number of hydrogen-bond donors (Lipinski definition) is 2. The minimum Gasteiger partial charge on any atom is -0.493 e. The number of nitrogens with one attached hydrogen (secondary N) is 2. The van der Waals surface area contributed by atoms with E-state index in [-0.39, 0.29) is 0 Å². The third-order valence-corrected chi connectivity index (χ3v) is 5.46. The molecule has 1 aromatic carbocycles. The summed E-state index contributed by atoms with van der Waals surface area (Å²) < 4.78 is 6.50. The Morgan fingerprint density at radius 2 is 2.17 bits per heavy atom. The van der Waals surface area contributed by atoms with E-state index in [0.717, 1.165) is 32.3 Å². The summed E-state index contributed by atoms with van der Waals surface area (Å²) >= 11 is 1.43. The fourth-order valence-electron chi connectivity index (χ4n) is 2.87. The van der Waals surface area contributed by atoms with Gasteiger partial charge >= 0.3 is 0 Å². The van der Waals surface area contributed by atoms with E-state index in [0.29, 0.717) is 23.5 Å². The van der Waals surface area contributed by atoms with E-state index in [4.69, 9.17) is 4.74 Å². The van der Waals surface area contributed by atoms with Gasteiger partial charge in [-0.2, -0.15) is 10.4 Å². The van der Waals surface area contributed by atoms with Crippen LogP contribution in [-0.4, -0.2) is 32.8 Å². The second-order valence-electron chi connectivity index (χ2n) is 6.03. The lowest BCUT2D eigenvalue weighted by atomic mass is 10.1. The quantitative estimate of drug-likeness (QED) is 0.370. The molecule has 0 unspecified atom stereocenters. The molecule has 0 atom stereocenters. The molecule has 4 aromatic rings. The van der Waals surface area contributed by atoms with E-state index in [9.17, 15) is 5.26 Å². The molecular weight excluding hydrogens is 386 g/mol. The average molecular weight is 403 g/mol. The zero-order valence-electron chi connectivity index (χ0n) is 15.8. The maximum atomic E-state index is 9.80. The molecule has 8 nitrogen and oxygen atoms in total. The lowest BCUT2D eigenvalue weighted by molar-refractivity contribution is 0.341. The second kappa shape index (κ2) is 8.08. The van der Waals surface area contributed by atoms with Crippen molar-refractivity contribution in [3.8, 4) is 22.3 Å². The summed E-state index contributed by atoms with van der Waals surface area (Å²) in [7, 11) is 0. The Balaban J connectivity index is 1.77. The summed E-state index contributed by atoms with van der Waals surface area (Å²) in [6, 6.07) is 9.95. The lowest BCUT2D eigenvalue weighted by Gasteiger charge is -2.08. The third kappa shape index (κ3) is 3.53. The topological polar surface area (TPSA) is 112 Å². The maximum Gasteiger partial charge on any atom is 0.167 e. The molecule has 0 spiro atoms. The van der Waals surface area contributed by atoms with Crippen molar-refractivity contribution >= 4 is 33.6 Å². The van der Waals surface area contributed by atoms with Crippen molar-refractivity contribution in [2.75, 3.05) is 12.0 Å². The number of H-pyrrole nitrogens is 1. The van der Waals surface area contributed by atoms with Gasteiger partial charge in [0.25, 0.3) is 0 Å². The zero-order chi connectivity index (χ0) is 20.2. The summed E-state index contributed by atoms with van der Waals surface area (Å²) in [5, 5.41) is 14.0. The molecule has 3 heterocycles. The Kier molecular flexibility index (Phi) is 5.18. The van der Waals surface area contributed by atoms with Crippen molar-refractivity contribution in [2.24, 2.45) is 5.10 Å². The van der Waals surface area contributed by atoms with Crippen LogP contribution in [0.3, 0.4) is 0 Å². The standard InChI is InChI=1S/C20H17N7OS/c1-3-28-16-7-5-4-6-13(16)18-14(8-21)17-19(29-18)20(25-11-24-17)27-26-9-15-12(2)22-10-23-15/h4-7,9-11H,3H2,1-2H3,(H,22,23)(H,24,25,27)/b26-9+. The summed E-state index contributed by atoms with van der Waals surface area (Å²) in [5.74, 6) is 1.26. The van der Waals surface area contributed by atoms with Crippen molar-refractivity contribution < 1.29 is 4.74 Å². The van der Waals surface area contributed by atoms with Gasteiger partial charge in [0, 0.05) is 11.3 Å². The number of fused-ring (bicyclic) bond motifs is 1. The fourth-order valence-corrected chi connectivity index (χ4v) is 4.05. The van der Waals surface area contributed by atoms with Gasteiger partial charge in [-0.25, -0.2) is 15.0 Å². The minimum absolute atomic E-state index is 0.495. The van der Waals surface area contributed by atoms with Gasteiger partial charge in [-0.15, -0.1) is 11.3 Å². The predicted molar refractivity (Wildman–Crippen MR) is 113 cm³/mol. The first-order valence-electron chi connectivity index (χ1n) is 8.91. The van der Waals surface area contributed by atoms with Gasteiger partial charge in [-0.1, -0.05) is 12.1 Å². The lowest BCUT2D eigenvalue weighted by Crippen LogP contribution is -1.95. The highest BCUT2D eigenvalue weighted by Gasteiger charge is 2.20. The van der Waals surface area contributed by atoms with Crippen molar-refractivity contribution in [3.05, 3.63) is 53.9 Å². The molecule has 0 saturated heterocycles. The Bertz CT molecular complexity index is 1240. The van der Waals surface area contributed by atoms with Crippen molar-refractivity contribution in [1.29, 1.82) is 5.26 Å². The number of thiophene rings is 1. The van der Waals surface area contributed by atoms with Crippen LogP contribution >= 0.6 is 11.3 Å². The number of benzene rings is 1. The molecule has 0 saturated carbocycles. The number of imidazole rings is 1. The SMILES string of the molecule is CCOc1ccccc1-c1sc2c(N/N=C/c3nc[nH]c3C)ncnc2c1C#N. The van der Waals surface area contributed by atoms with Crippen molar-refractivity contribution in [1.82, 2.24) is 19.9 Å². The highest BCUT2D eigenvalue weighted by atomic mass is 32.1. The van der Waals surface area contributed by atoms with E-state index in [1.54, 1.807) is 12.5 Å². The van der Waals surface area contributed by atoms with Crippen LogP contribution in [0.5, 0.6) is 5.75 Å². The predicted octanol–water partition coefficient (Wildman–Crippen LogP) is 4.11. The van der Waals surface area contributed by atoms with Gasteiger partial charge in [-0.05, 0) is 26.0 Å². The van der Waals surface area contributed by atoms with Crippen LogP contribution in [0.15, 0.2) is 42.0 Å². The molecule has 0 fully saturated rings. The Hall–Kier alpha value is -3.77. The summed E-state index contributed by atoms with van der Waals surface area (Å²) in [6.07, 6.45) is 4.65. The van der Waals surface area contributed by atoms with Gasteiger partial charge in [-0.3, -0.25) is 5.43 Å². The third-order valence-electron chi connectivity index (χ3n) is 4.24. The highest BCUT2D eigenvalue weighted by molar-refractivity contribution is 7.23. The van der Waals surface area contributed by atoms with Crippen LogP contribution in [0.2, 0.25) is 0 Å². The average Bonchev–Trinajstić information content (AvgIpc) is 3.32. The van der Waals surface area contributed by atoms with Crippen LogP contribution < -0.4 is 10.2 Å². The van der Waals surface area contributed by atoms with Crippen LogP contribution in [0, 0.1) is 18.3 Å². The van der Waals surface area contributed by atoms with Crippen molar-refractivity contribution in [2.45, 2.75) is 13.8 Å². The van der Waals surface area contributed by atoms with E-state index in [2.05, 4.69) is 36.5 Å². The number of rotatable bonds is 6. The summed E-state index contributed by atoms with van der Waals surface area (Å²) in [5.41, 5.74) is 6.53. The van der Waals surface area contributed by atoms with Crippen LogP contribution in [0.4, 0.5) is 5.82 Å². The highest BCUT2D eigenvalue weighted by Crippen LogP contribution is 2.43. The molecule has 29 heavy (non-hydrogen) atoms. The number of aromatic nitrogens is 4. The maximum absolute atomic E-state index is 9.80. The molecule has 4 rings (SSSR count). The molecular formula is C20H17N7OS. The van der Waals surface area contributed by atoms with Gasteiger partial charge in [0.2, 0.25) is 0 Å². The first kappa shape index (κ1) is 18.6. The number of anilines is 1. The molecule has 0 bridgehead atoms. The smallest absolute Gasteiger partial charge is 0.167 e. The monoisotopic (exact) mass is 403 g/mol. The molecule has 0 aliphatic rings. The molecule has 3 aromatic heterocycles.